The molecule has 0 aromatic heterocycles. The molecule has 1 N–H and O–H groups in total. The molecule has 3 heteroatoms. The fourth-order valence-electron chi connectivity index (χ4n) is 3.65. The lowest BCUT2D eigenvalue weighted by molar-refractivity contribution is 0.139. The molecule has 2 aromatic carbocycles. The zero-order valence-corrected chi connectivity index (χ0v) is 14.9. The second-order valence-electron chi connectivity index (χ2n) is 7.00. The average molecular weight is 318 g/mol. The van der Waals surface area contributed by atoms with Gasteiger partial charge < -0.3 is 9.92 Å². The zero-order chi connectivity index (χ0) is 17.3. The average Bonchev–Trinajstić information content (AvgIpc) is 2.82. The van der Waals surface area contributed by atoms with E-state index in [-0.39, 0.29) is 0 Å². The molecule has 3 rings (SSSR count). The third-order valence-electron chi connectivity index (χ3n) is 4.75. The zero-order valence-electron chi connectivity index (χ0n) is 14.9. The summed E-state index contributed by atoms with van der Waals surface area (Å²) in [4.78, 5) is 2.28. The van der Waals surface area contributed by atoms with Crippen LogP contribution in [-0.2, 0) is 5.60 Å². The van der Waals surface area contributed by atoms with E-state index in [2.05, 4.69) is 52.1 Å². The minimum absolute atomic E-state index is 0.424. The predicted molar refractivity (Wildman–Crippen MR) is 102 cm³/mol. The van der Waals surface area contributed by atoms with Crippen LogP contribution in [0.5, 0.6) is 0 Å². The van der Waals surface area contributed by atoms with Crippen molar-refractivity contribution in [1.82, 2.24) is 4.81 Å². The van der Waals surface area contributed by atoms with Gasteiger partial charge in [0.1, 0.15) is 5.60 Å². The lowest BCUT2D eigenvalue weighted by atomic mass is 9.82. The summed E-state index contributed by atoms with van der Waals surface area (Å²) >= 11 is 0. The predicted octanol–water partition coefficient (Wildman–Crippen LogP) is 4.15. The molecule has 2 aromatic rings. The molecule has 0 aliphatic heterocycles. The van der Waals surface area contributed by atoms with Gasteiger partial charge >= 0.3 is 0 Å². The highest BCUT2D eigenvalue weighted by molar-refractivity contribution is 6.39. The molecule has 0 amide bonds. The van der Waals surface area contributed by atoms with Crippen LogP contribution in [0.4, 0.5) is 0 Å². The Morgan fingerprint density at radius 2 is 1.33 bits per heavy atom. The van der Waals surface area contributed by atoms with E-state index in [0.717, 1.165) is 22.3 Å². The van der Waals surface area contributed by atoms with Gasteiger partial charge in [0.2, 0.25) is 7.41 Å². The number of rotatable bonds is 5. The van der Waals surface area contributed by atoms with Gasteiger partial charge in [-0.15, -0.1) is 5.98 Å². The van der Waals surface area contributed by atoms with Crippen LogP contribution in [0.3, 0.4) is 0 Å². The van der Waals surface area contributed by atoms with Crippen LogP contribution in [0.15, 0.2) is 60.6 Å². The molecular weight excluding hydrogens is 293 g/mol. The third kappa shape index (κ3) is 2.83. The SMILES string of the molecule is CC(C)N([B]/C=C/C1(O)c2ccccc2-c2ccccc21)C(C)C. The van der Waals surface area contributed by atoms with Gasteiger partial charge in [0.15, 0.2) is 0 Å². The Hall–Kier alpha value is -1.84. The molecule has 24 heavy (non-hydrogen) atoms. The summed E-state index contributed by atoms with van der Waals surface area (Å²) in [6.45, 7) is 8.72. The number of hydrogen-bond acceptors (Lipinski definition) is 2. The van der Waals surface area contributed by atoms with E-state index in [0.29, 0.717) is 12.1 Å². The van der Waals surface area contributed by atoms with Crippen LogP contribution in [-0.4, -0.2) is 29.4 Å². The van der Waals surface area contributed by atoms with Crippen molar-refractivity contribution in [3.63, 3.8) is 0 Å². The maximum atomic E-state index is 11.5. The molecule has 123 valence electrons. The molecule has 0 saturated heterocycles. The fraction of sp³-hybridized carbons (Fsp3) is 0.333. The standard InChI is InChI=1S/C21H25BNO/c1-15(2)23(16(3)4)22-14-13-21(24)19-11-7-5-9-17(19)18-10-6-8-12-20(18)21/h5-16,24H,1-4H3/b14-13+. The summed E-state index contributed by atoms with van der Waals surface area (Å²) in [5.74, 6) is 1.98. The Labute approximate surface area is 146 Å². The van der Waals surface area contributed by atoms with Crippen LogP contribution < -0.4 is 0 Å². The van der Waals surface area contributed by atoms with E-state index in [9.17, 15) is 5.11 Å². The molecular formula is C21H25BNO. The largest absolute Gasteiger partial charge is 0.377 e. The minimum atomic E-state index is -1.07. The van der Waals surface area contributed by atoms with Crippen molar-refractivity contribution in [2.24, 2.45) is 0 Å². The van der Waals surface area contributed by atoms with Gasteiger partial charge in [-0.05, 0) is 34.3 Å². The van der Waals surface area contributed by atoms with E-state index in [1.807, 2.05) is 48.4 Å². The molecule has 0 bridgehead atoms. The quantitative estimate of drug-likeness (QED) is 0.837. The van der Waals surface area contributed by atoms with Crippen LogP contribution in [0.2, 0.25) is 0 Å². The molecule has 0 fully saturated rings. The second kappa shape index (κ2) is 6.58. The van der Waals surface area contributed by atoms with Gasteiger partial charge in [-0.2, -0.15) is 0 Å². The topological polar surface area (TPSA) is 23.5 Å². The van der Waals surface area contributed by atoms with Gasteiger partial charge in [0, 0.05) is 0 Å². The lowest BCUT2D eigenvalue weighted by Crippen LogP contribution is -2.39. The fourth-order valence-corrected chi connectivity index (χ4v) is 3.65. The Balaban J connectivity index is 1.96. The Kier molecular flexibility index (Phi) is 4.66. The van der Waals surface area contributed by atoms with E-state index in [4.69, 9.17) is 0 Å². The first-order chi connectivity index (χ1) is 11.4. The summed E-state index contributed by atoms with van der Waals surface area (Å²) in [6.07, 6.45) is 1.91. The number of hydrogen-bond donors (Lipinski definition) is 1. The van der Waals surface area contributed by atoms with E-state index in [1.165, 1.54) is 0 Å². The molecule has 0 atom stereocenters. The van der Waals surface area contributed by atoms with Crippen LogP contribution >= 0.6 is 0 Å². The van der Waals surface area contributed by atoms with Crippen molar-refractivity contribution in [2.75, 3.05) is 0 Å². The normalized spacial score (nSPS) is 15.3. The first kappa shape index (κ1) is 17.0. The molecule has 2 nitrogen and oxygen atoms in total. The Morgan fingerprint density at radius 3 is 1.79 bits per heavy atom. The molecule has 1 aliphatic rings. The van der Waals surface area contributed by atoms with Gasteiger partial charge in [-0.25, -0.2) is 0 Å². The van der Waals surface area contributed by atoms with E-state index >= 15 is 0 Å². The number of aliphatic hydroxyl groups is 1. The Morgan fingerprint density at radius 1 is 0.875 bits per heavy atom. The van der Waals surface area contributed by atoms with Gasteiger partial charge in [0.05, 0.1) is 0 Å². The maximum absolute atomic E-state index is 11.5. The Bertz CT molecular complexity index is 698. The molecule has 0 spiro atoms. The molecule has 1 aliphatic carbocycles. The monoisotopic (exact) mass is 318 g/mol. The number of benzene rings is 2. The molecule has 0 heterocycles. The van der Waals surface area contributed by atoms with Crippen molar-refractivity contribution in [3.8, 4) is 11.1 Å². The summed E-state index contributed by atoms with van der Waals surface area (Å²) in [7, 11) is 2.08. The van der Waals surface area contributed by atoms with Crippen molar-refractivity contribution in [2.45, 2.75) is 45.4 Å². The third-order valence-corrected chi connectivity index (χ3v) is 4.75. The summed E-state index contributed by atoms with van der Waals surface area (Å²) in [6, 6.07) is 17.1. The van der Waals surface area contributed by atoms with Crippen molar-refractivity contribution in [1.29, 1.82) is 0 Å². The summed E-state index contributed by atoms with van der Waals surface area (Å²) in [5.41, 5.74) is 3.08. The first-order valence-electron chi connectivity index (χ1n) is 8.67. The van der Waals surface area contributed by atoms with E-state index < -0.39 is 5.60 Å². The van der Waals surface area contributed by atoms with Crippen LogP contribution in [0.1, 0.15) is 38.8 Å². The minimum Gasteiger partial charge on any atom is -0.377 e. The van der Waals surface area contributed by atoms with Crippen molar-refractivity contribution < 1.29 is 5.11 Å². The summed E-state index contributed by atoms with van der Waals surface area (Å²) in [5, 5.41) is 11.5. The smallest absolute Gasteiger partial charge is 0.239 e. The van der Waals surface area contributed by atoms with Crippen LogP contribution in [0.25, 0.3) is 11.1 Å². The molecule has 1 radical (unpaired) electrons. The highest BCUT2D eigenvalue weighted by atomic mass is 16.3. The highest BCUT2D eigenvalue weighted by Gasteiger charge is 2.38. The van der Waals surface area contributed by atoms with Crippen molar-refractivity contribution >= 4 is 7.41 Å². The summed E-state index contributed by atoms with van der Waals surface area (Å²) < 4.78 is 0. The number of fused-ring (bicyclic) bond motifs is 3. The second-order valence-corrected chi connectivity index (χ2v) is 7.00. The maximum Gasteiger partial charge on any atom is 0.239 e. The van der Waals surface area contributed by atoms with Crippen molar-refractivity contribution in [3.05, 3.63) is 71.7 Å². The van der Waals surface area contributed by atoms with Crippen LogP contribution in [0, 0.1) is 0 Å². The lowest BCUT2D eigenvalue weighted by Gasteiger charge is -2.29. The molecule has 0 unspecified atom stereocenters. The molecule has 0 saturated carbocycles. The van der Waals surface area contributed by atoms with Gasteiger partial charge in [-0.3, -0.25) is 0 Å². The van der Waals surface area contributed by atoms with Gasteiger partial charge in [-0.1, -0.05) is 82.3 Å². The van der Waals surface area contributed by atoms with E-state index in [1.54, 1.807) is 0 Å². The van der Waals surface area contributed by atoms with Gasteiger partial charge in [0.25, 0.3) is 0 Å². The first-order valence-corrected chi connectivity index (χ1v) is 8.67. The highest BCUT2D eigenvalue weighted by Crippen LogP contribution is 2.47. The number of nitrogens with zero attached hydrogens (tertiary/aromatic N) is 1.